The maximum absolute atomic E-state index is 5.90. The third-order valence-electron chi connectivity index (χ3n) is 3.57. The third kappa shape index (κ3) is 1.95. The van der Waals surface area contributed by atoms with Gasteiger partial charge in [0, 0.05) is 18.5 Å². The van der Waals surface area contributed by atoms with Gasteiger partial charge in [-0.25, -0.2) is 0 Å². The number of ether oxygens (including phenoxy) is 1. The van der Waals surface area contributed by atoms with Crippen LogP contribution in [0.2, 0.25) is 0 Å². The number of nitrogens with one attached hydrogen (secondary N) is 1. The lowest BCUT2D eigenvalue weighted by Crippen LogP contribution is -2.52. The van der Waals surface area contributed by atoms with Crippen molar-refractivity contribution in [2.24, 2.45) is 5.92 Å². The van der Waals surface area contributed by atoms with E-state index in [2.05, 4.69) is 31.1 Å². The van der Waals surface area contributed by atoms with Crippen LogP contribution in [0.1, 0.15) is 26.7 Å². The molecular formula is C11H22N2O. The summed E-state index contributed by atoms with van der Waals surface area (Å²) in [6, 6.07) is 0.507. The van der Waals surface area contributed by atoms with E-state index in [9.17, 15) is 0 Å². The van der Waals surface area contributed by atoms with Crippen molar-refractivity contribution in [1.29, 1.82) is 0 Å². The molecule has 3 unspecified atom stereocenters. The minimum Gasteiger partial charge on any atom is -0.359 e. The summed E-state index contributed by atoms with van der Waals surface area (Å²) in [7, 11) is 2.20. The van der Waals surface area contributed by atoms with Crippen LogP contribution in [-0.4, -0.2) is 43.4 Å². The Labute approximate surface area is 86.8 Å². The van der Waals surface area contributed by atoms with E-state index in [1.807, 2.05) is 0 Å². The molecule has 3 heteroatoms. The molecule has 2 fully saturated rings. The minimum absolute atomic E-state index is 0.0753. The van der Waals surface area contributed by atoms with Crippen molar-refractivity contribution in [2.45, 2.75) is 38.5 Å². The van der Waals surface area contributed by atoms with Crippen molar-refractivity contribution < 1.29 is 4.74 Å². The van der Waals surface area contributed by atoms with Crippen LogP contribution >= 0.6 is 0 Å². The van der Waals surface area contributed by atoms with Gasteiger partial charge in [0.1, 0.15) is 5.72 Å². The summed E-state index contributed by atoms with van der Waals surface area (Å²) in [5.41, 5.74) is -0.0753. The van der Waals surface area contributed by atoms with Gasteiger partial charge >= 0.3 is 0 Å². The number of likely N-dealkylation sites (tertiary alicyclic amines) is 1. The van der Waals surface area contributed by atoms with Crippen LogP contribution in [0.3, 0.4) is 0 Å². The lowest BCUT2D eigenvalue weighted by atomic mass is 9.89. The summed E-state index contributed by atoms with van der Waals surface area (Å²) < 4.78 is 5.90. The highest BCUT2D eigenvalue weighted by molar-refractivity contribution is 4.91. The van der Waals surface area contributed by atoms with Crippen molar-refractivity contribution in [3.8, 4) is 0 Å². The predicted molar refractivity (Wildman–Crippen MR) is 57.2 cm³/mol. The van der Waals surface area contributed by atoms with Gasteiger partial charge in [0.25, 0.3) is 0 Å². The average molecular weight is 198 g/mol. The summed E-state index contributed by atoms with van der Waals surface area (Å²) in [6.07, 6.45) is 2.59. The van der Waals surface area contributed by atoms with Gasteiger partial charge in [-0.2, -0.15) is 0 Å². The molecule has 2 saturated heterocycles. The van der Waals surface area contributed by atoms with Crippen molar-refractivity contribution in [3.05, 3.63) is 0 Å². The monoisotopic (exact) mass is 198 g/mol. The van der Waals surface area contributed by atoms with Gasteiger partial charge in [-0.1, -0.05) is 0 Å². The molecule has 1 N–H and O–H groups in total. The first-order chi connectivity index (χ1) is 6.60. The van der Waals surface area contributed by atoms with Crippen molar-refractivity contribution in [1.82, 2.24) is 10.2 Å². The SMILES string of the molecule is CC1COC(C)(C2CCCN(C)C2)N1. The van der Waals surface area contributed by atoms with E-state index in [0.717, 1.165) is 13.2 Å². The first-order valence-electron chi connectivity index (χ1n) is 5.70. The molecule has 0 bridgehead atoms. The number of rotatable bonds is 1. The van der Waals surface area contributed by atoms with E-state index < -0.39 is 0 Å². The highest BCUT2D eigenvalue weighted by atomic mass is 16.5. The van der Waals surface area contributed by atoms with Gasteiger partial charge in [0.2, 0.25) is 0 Å². The van der Waals surface area contributed by atoms with Gasteiger partial charge in [0.15, 0.2) is 0 Å². The Morgan fingerprint density at radius 2 is 2.29 bits per heavy atom. The molecule has 0 aromatic rings. The van der Waals surface area contributed by atoms with Crippen molar-refractivity contribution >= 4 is 0 Å². The molecular weight excluding hydrogens is 176 g/mol. The first kappa shape index (κ1) is 10.4. The zero-order chi connectivity index (χ0) is 10.2. The highest BCUT2D eigenvalue weighted by Gasteiger charge is 2.41. The first-order valence-corrected chi connectivity index (χ1v) is 5.70. The normalized spacial score (nSPS) is 45.6. The summed E-state index contributed by atoms with van der Waals surface area (Å²) in [6.45, 7) is 7.66. The van der Waals surface area contributed by atoms with Crippen molar-refractivity contribution in [3.63, 3.8) is 0 Å². The molecule has 0 aliphatic carbocycles. The summed E-state index contributed by atoms with van der Waals surface area (Å²) in [4.78, 5) is 2.41. The van der Waals surface area contributed by atoms with Crippen molar-refractivity contribution in [2.75, 3.05) is 26.7 Å². The van der Waals surface area contributed by atoms with Gasteiger partial charge in [-0.15, -0.1) is 0 Å². The fraction of sp³-hybridized carbons (Fsp3) is 1.00. The molecule has 0 saturated carbocycles. The molecule has 82 valence electrons. The molecule has 2 heterocycles. The second-order valence-corrected chi connectivity index (χ2v) is 5.06. The van der Waals surface area contributed by atoms with Crippen LogP contribution in [0.5, 0.6) is 0 Å². The Hall–Kier alpha value is -0.120. The molecule has 0 amide bonds. The molecule has 0 radical (unpaired) electrons. The fourth-order valence-corrected chi connectivity index (χ4v) is 2.72. The number of hydrogen-bond acceptors (Lipinski definition) is 3. The Kier molecular flexibility index (Phi) is 2.82. The summed E-state index contributed by atoms with van der Waals surface area (Å²) >= 11 is 0. The predicted octanol–water partition coefficient (Wildman–Crippen LogP) is 1.05. The average Bonchev–Trinajstić information content (AvgIpc) is 2.48. The zero-order valence-electron chi connectivity index (χ0n) is 9.55. The van der Waals surface area contributed by atoms with Crippen LogP contribution in [0, 0.1) is 5.92 Å². The van der Waals surface area contributed by atoms with Gasteiger partial charge in [-0.3, -0.25) is 5.32 Å². The largest absolute Gasteiger partial charge is 0.359 e. The van der Waals surface area contributed by atoms with E-state index in [1.54, 1.807) is 0 Å². The van der Waals surface area contributed by atoms with Crippen LogP contribution in [0.25, 0.3) is 0 Å². The Morgan fingerprint density at radius 3 is 2.86 bits per heavy atom. The van der Waals surface area contributed by atoms with Gasteiger partial charge < -0.3 is 9.64 Å². The molecule has 14 heavy (non-hydrogen) atoms. The lowest BCUT2D eigenvalue weighted by Gasteiger charge is -2.39. The van der Waals surface area contributed by atoms with Crippen LogP contribution in [-0.2, 0) is 4.74 Å². The summed E-state index contributed by atoms with van der Waals surface area (Å²) in [5, 5.41) is 3.57. The van der Waals surface area contributed by atoms with E-state index in [4.69, 9.17) is 4.74 Å². The molecule has 0 aromatic heterocycles. The van der Waals surface area contributed by atoms with Crippen LogP contribution < -0.4 is 5.32 Å². The van der Waals surface area contributed by atoms with Gasteiger partial charge in [-0.05, 0) is 40.3 Å². The number of piperidine rings is 1. The molecule has 3 nitrogen and oxygen atoms in total. The topological polar surface area (TPSA) is 24.5 Å². The summed E-state index contributed by atoms with van der Waals surface area (Å²) in [5.74, 6) is 0.645. The smallest absolute Gasteiger partial charge is 0.120 e. The molecule has 3 atom stereocenters. The number of hydrogen-bond donors (Lipinski definition) is 1. The van der Waals surface area contributed by atoms with E-state index >= 15 is 0 Å². The number of nitrogens with zero attached hydrogens (tertiary/aromatic N) is 1. The van der Waals surface area contributed by atoms with E-state index in [1.165, 1.54) is 19.4 Å². The molecule has 0 aromatic carbocycles. The third-order valence-corrected chi connectivity index (χ3v) is 3.57. The highest BCUT2D eigenvalue weighted by Crippen LogP contribution is 2.31. The second-order valence-electron chi connectivity index (χ2n) is 5.06. The molecule has 2 aliphatic heterocycles. The van der Waals surface area contributed by atoms with E-state index in [-0.39, 0.29) is 5.72 Å². The van der Waals surface area contributed by atoms with Crippen LogP contribution in [0.15, 0.2) is 0 Å². The quantitative estimate of drug-likeness (QED) is 0.681. The Balaban J connectivity index is 1.99. The zero-order valence-corrected chi connectivity index (χ0v) is 9.55. The van der Waals surface area contributed by atoms with E-state index in [0.29, 0.717) is 12.0 Å². The molecule has 2 aliphatic rings. The maximum Gasteiger partial charge on any atom is 0.120 e. The standard InChI is InChI=1S/C11H22N2O/c1-9-8-14-11(2,12-9)10-5-4-6-13(3)7-10/h9-10,12H,4-8H2,1-3H3. The second kappa shape index (κ2) is 3.80. The molecule has 0 spiro atoms. The lowest BCUT2D eigenvalue weighted by molar-refractivity contribution is -0.0631. The molecule has 2 rings (SSSR count). The fourth-order valence-electron chi connectivity index (χ4n) is 2.72. The minimum atomic E-state index is -0.0753. The van der Waals surface area contributed by atoms with Gasteiger partial charge in [0.05, 0.1) is 6.61 Å². The van der Waals surface area contributed by atoms with Crippen LogP contribution in [0.4, 0.5) is 0 Å². The Morgan fingerprint density at radius 1 is 1.50 bits per heavy atom. The maximum atomic E-state index is 5.90. The Bertz CT molecular complexity index is 209.